The molecular formula is C23H20N4O3S. The van der Waals surface area contributed by atoms with Gasteiger partial charge in [-0.05, 0) is 37.6 Å². The van der Waals surface area contributed by atoms with Crippen LogP contribution in [0, 0.1) is 13.8 Å². The molecule has 0 unspecified atom stereocenters. The van der Waals surface area contributed by atoms with Crippen molar-refractivity contribution in [1.82, 2.24) is 4.98 Å². The third kappa shape index (κ3) is 4.16. The molecule has 7 nitrogen and oxygen atoms in total. The molecule has 0 spiro atoms. The molecule has 1 heterocycles. The van der Waals surface area contributed by atoms with Crippen LogP contribution in [-0.2, 0) is 10.1 Å². The minimum Gasteiger partial charge on any atom is -0.396 e. The summed E-state index contributed by atoms with van der Waals surface area (Å²) >= 11 is 0. The van der Waals surface area contributed by atoms with Crippen LogP contribution in [0.15, 0.2) is 82.0 Å². The Bertz CT molecular complexity index is 1430. The van der Waals surface area contributed by atoms with Gasteiger partial charge in [0, 0.05) is 16.3 Å². The van der Waals surface area contributed by atoms with E-state index in [1.807, 2.05) is 32.0 Å². The Labute approximate surface area is 180 Å². The number of hydrogen-bond donors (Lipinski definition) is 2. The van der Waals surface area contributed by atoms with E-state index >= 15 is 0 Å². The molecule has 3 aromatic carbocycles. The molecule has 0 aliphatic rings. The van der Waals surface area contributed by atoms with Gasteiger partial charge in [0.05, 0.1) is 17.6 Å². The zero-order chi connectivity index (χ0) is 22.2. The van der Waals surface area contributed by atoms with Crippen molar-refractivity contribution in [3.8, 4) is 11.3 Å². The fourth-order valence-corrected chi connectivity index (χ4v) is 4.18. The number of nitrogens with two attached hydrogens (primary N) is 1. The number of aryl methyl sites for hydroxylation is 2. The van der Waals surface area contributed by atoms with Crippen molar-refractivity contribution >= 4 is 38.0 Å². The van der Waals surface area contributed by atoms with Crippen LogP contribution < -0.4 is 5.73 Å². The molecule has 0 saturated carbocycles. The lowest BCUT2D eigenvalue weighted by molar-refractivity contribution is 0.484. The molecule has 4 rings (SSSR count). The van der Waals surface area contributed by atoms with E-state index in [2.05, 4.69) is 21.3 Å². The monoisotopic (exact) mass is 432 g/mol. The standard InChI is InChI=1S/C23H20N4O3S/c1-14-7-9-17(15(2)11-14)20-10-8-16(13-25-20)26-27-21-12-22(31(28,29)30)18-5-3-4-6-19(18)23(21)24/h3-13H,24H2,1-2H3,(H,28,29,30)/b27-26+. The first-order chi connectivity index (χ1) is 14.7. The highest BCUT2D eigenvalue weighted by Gasteiger charge is 2.18. The van der Waals surface area contributed by atoms with Crippen LogP contribution in [0.25, 0.3) is 22.0 Å². The molecule has 0 aliphatic carbocycles. The lowest BCUT2D eigenvalue weighted by atomic mass is 10.0. The van der Waals surface area contributed by atoms with E-state index in [9.17, 15) is 13.0 Å². The summed E-state index contributed by atoms with van der Waals surface area (Å²) < 4.78 is 33.3. The topological polar surface area (TPSA) is 118 Å². The molecular weight excluding hydrogens is 412 g/mol. The number of azo groups is 1. The van der Waals surface area contributed by atoms with E-state index in [0.29, 0.717) is 16.5 Å². The van der Waals surface area contributed by atoms with Crippen LogP contribution in [0.3, 0.4) is 0 Å². The first kappa shape index (κ1) is 20.6. The Balaban J connectivity index is 1.71. The van der Waals surface area contributed by atoms with Gasteiger partial charge < -0.3 is 5.73 Å². The number of nitrogens with zero attached hydrogens (tertiary/aromatic N) is 3. The van der Waals surface area contributed by atoms with Gasteiger partial charge in [-0.3, -0.25) is 9.54 Å². The molecule has 0 radical (unpaired) electrons. The summed E-state index contributed by atoms with van der Waals surface area (Å²) in [6.45, 7) is 4.08. The van der Waals surface area contributed by atoms with E-state index < -0.39 is 10.1 Å². The third-order valence-corrected chi connectivity index (χ3v) is 5.88. The van der Waals surface area contributed by atoms with Crippen molar-refractivity contribution in [3.63, 3.8) is 0 Å². The molecule has 3 N–H and O–H groups in total. The molecule has 0 aliphatic heterocycles. The number of rotatable bonds is 4. The first-order valence-electron chi connectivity index (χ1n) is 9.48. The zero-order valence-electron chi connectivity index (χ0n) is 16.9. The minimum absolute atomic E-state index is 0.143. The van der Waals surface area contributed by atoms with Crippen molar-refractivity contribution in [1.29, 1.82) is 0 Å². The van der Waals surface area contributed by atoms with E-state index in [1.54, 1.807) is 36.5 Å². The number of aromatic nitrogens is 1. The second-order valence-corrected chi connectivity index (χ2v) is 8.64. The molecule has 4 aromatic rings. The van der Waals surface area contributed by atoms with Crippen molar-refractivity contribution < 1.29 is 13.0 Å². The molecule has 0 atom stereocenters. The number of anilines is 1. The van der Waals surface area contributed by atoms with Crippen LogP contribution in [0.1, 0.15) is 11.1 Å². The molecule has 31 heavy (non-hydrogen) atoms. The average molecular weight is 433 g/mol. The Morgan fingerprint density at radius 3 is 2.32 bits per heavy atom. The smallest absolute Gasteiger partial charge is 0.295 e. The van der Waals surface area contributed by atoms with Crippen LogP contribution in [0.4, 0.5) is 17.1 Å². The van der Waals surface area contributed by atoms with Crippen molar-refractivity contribution in [2.75, 3.05) is 5.73 Å². The van der Waals surface area contributed by atoms with Crippen LogP contribution >= 0.6 is 0 Å². The summed E-state index contributed by atoms with van der Waals surface area (Å²) in [6.07, 6.45) is 1.58. The van der Waals surface area contributed by atoms with Gasteiger partial charge in [0.2, 0.25) is 0 Å². The van der Waals surface area contributed by atoms with E-state index in [4.69, 9.17) is 5.73 Å². The SMILES string of the molecule is Cc1ccc(-c2ccc(/N=N/c3cc(S(=O)(=O)O)c4ccccc4c3N)cn2)c(C)c1. The molecule has 8 heteroatoms. The third-order valence-electron chi connectivity index (χ3n) is 4.98. The van der Waals surface area contributed by atoms with Gasteiger partial charge >= 0.3 is 0 Å². The summed E-state index contributed by atoms with van der Waals surface area (Å²) in [6, 6.07) is 17.6. The van der Waals surface area contributed by atoms with Gasteiger partial charge in [0.1, 0.15) is 16.3 Å². The normalized spacial score (nSPS) is 12.0. The lowest BCUT2D eigenvalue weighted by Gasteiger charge is -2.09. The molecule has 0 amide bonds. The van der Waals surface area contributed by atoms with Crippen molar-refractivity contribution in [2.24, 2.45) is 10.2 Å². The van der Waals surface area contributed by atoms with Crippen molar-refractivity contribution in [2.45, 2.75) is 18.7 Å². The van der Waals surface area contributed by atoms with E-state index in [-0.39, 0.29) is 16.3 Å². The first-order valence-corrected chi connectivity index (χ1v) is 10.9. The summed E-state index contributed by atoms with van der Waals surface area (Å²) in [5, 5.41) is 9.05. The fraction of sp³-hybridized carbons (Fsp3) is 0.0870. The molecule has 1 aromatic heterocycles. The Hall–Kier alpha value is -3.62. The second-order valence-electron chi connectivity index (χ2n) is 7.25. The number of fused-ring (bicyclic) bond motifs is 1. The number of benzene rings is 3. The van der Waals surface area contributed by atoms with E-state index in [0.717, 1.165) is 16.8 Å². The summed E-state index contributed by atoms with van der Waals surface area (Å²) in [4.78, 5) is 4.19. The Morgan fingerprint density at radius 1 is 0.935 bits per heavy atom. The second kappa shape index (κ2) is 7.90. The minimum atomic E-state index is -4.46. The van der Waals surface area contributed by atoms with Crippen LogP contribution in [-0.4, -0.2) is 18.0 Å². The molecule has 156 valence electrons. The fourth-order valence-electron chi connectivity index (χ4n) is 3.46. The van der Waals surface area contributed by atoms with Gasteiger partial charge in [-0.15, -0.1) is 10.2 Å². The summed E-state index contributed by atoms with van der Waals surface area (Å²) in [5.41, 5.74) is 11.2. The summed E-state index contributed by atoms with van der Waals surface area (Å²) in [7, 11) is -4.46. The van der Waals surface area contributed by atoms with Gasteiger partial charge in [-0.2, -0.15) is 8.42 Å². The molecule has 0 saturated heterocycles. The lowest BCUT2D eigenvalue weighted by Crippen LogP contribution is -2.01. The van der Waals surface area contributed by atoms with Gasteiger partial charge in [-0.25, -0.2) is 0 Å². The van der Waals surface area contributed by atoms with Gasteiger partial charge in [-0.1, -0.05) is 48.0 Å². The number of pyridine rings is 1. The predicted octanol–water partition coefficient (Wildman–Crippen LogP) is 5.76. The number of hydrogen-bond acceptors (Lipinski definition) is 6. The Morgan fingerprint density at radius 2 is 1.68 bits per heavy atom. The highest BCUT2D eigenvalue weighted by atomic mass is 32.2. The maximum atomic E-state index is 11.8. The van der Waals surface area contributed by atoms with Gasteiger partial charge in [0.25, 0.3) is 10.1 Å². The highest BCUT2D eigenvalue weighted by molar-refractivity contribution is 7.86. The maximum Gasteiger partial charge on any atom is 0.295 e. The summed E-state index contributed by atoms with van der Waals surface area (Å²) in [5.74, 6) is 0. The van der Waals surface area contributed by atoms with Gasteiger partial charge in [0.15, 0.2) is 0 Å². The molecule has 0 fully saturated rings. The van der Waals surface area contributed by atoms with Crippen LogP contribution in [0.5, 0.6) is 0 Å². The van der Waals surface area contributed by atoms with E-state index in [1.165, 1.54) is 11.6 Å². The maximum absolute atomic E-state index is 11.8. The Kier molecular flexibility index (Phi) is 5.26. The van der Waals surface area contributed by atoms with Crippen molar-refractivity contribution in [3.05, 3.63) is 78.0 Å². The average Bonchev–Trinajstić information content (AvgIpc) is 2.73. The highest BCUT2D eigenvalue weighted by Crippen LogP contribution is 2.36. The largest absolute Gasteiger partial charge is 0.396 e. The zero-order valence-corrected chi connectivity index (χ0v) is 17.8. The van der Waals surface area contributed by atoms with Crippen LogP contribution in [0.2, 0.25) is 0 Å². The quantitative estimate of drug-likeness (QED) is 0.241. The number of nitrogen functional groups attached to an aromatic ring is 1. The molecule has 0 bridgehead atoms. The predicted molar refractivity (Wildman–Crippen MR) is 121 cm³/mol.